The average molecular weight is 236 g/mol. The van der Waals surface area contributed by atoms with Crippen LogP contribution in [0, 0.1) is 0 Å². The van der Waals surface area contributed by atoms with Gasteiger partial charge in [0, 0.05) is 13.1 Å². The number of aliphatic hydroxyl groups excluding tert-OH is 1. The van der Waals surface area contributed by atoms with E-state index in [1.54, 1.807) is 0 Å². The van der Waals surface area contributed by atoms with Gasteiger partial charge in [0.05, 0.1) is 6.10 Å². The molecule has 0 fully saturated rings. The number of nitrogens with one attached hydrogen (secondary N) is 2. The second-order valence-corrected chi connectivity index (χ2v) is 3.95. The third kappa shape index (κ3) is 5.92. The summed E-state index contributed by atoms with van der Waals surface area (Å²) in [6, 6.07) is 9.54. The van der Waals surface area contributed by atoms with Crippen LogP contribution in [-0.2, 0) is 6.54 Å². The molecule has 1 aromatic rings. The van der Waals surface area contributed by atoms with Crippen LogP contribution >= 0.6 is 0 Å². The lowest BCUT2D eigenvalue weighted by molar-refractivity contribution is 0.160. The zero-order chi connectivity index (χ0) is 12.5. The van der Waals surface area contributed by atoms with Gasteiger partial charge < -0.3 is 15.7 Å². The molecule has 0 heterocycles. The van der Waals surface area contributed by atoms with Crippen LogP contribution in [0.5, 0.6) is 0 Å². The number of rotatable bonds is 6. The fourth-order valence-electron chi connectivity index (χ4n) is 1.40. The summed E-state index contributed by atoms with van der Waals surface area (Å²) < 4.78 is 0. The summed E-state index contributed by atoms with van der Waals surface area (Å²) in [6.07, 6.45) is 0.979. The predicted octanol–water partition coefficient (Wildman–Crippen LogP) is 1.65. The van der Waals surface area contributed by atoms with Crippen LogP contribution in [0.15, 0.2) is 30.3 Å². The van der Waals surface area contributed by atoms with E-state index in [1.807, 2.05) is 37.3 Å². The SMILES string of the molecule is CCC(O)CCNC(=O)NCc1ccccc1. The zero-order valence-corrected chi connectivity index (χ0v) is 10.1. The van der Waals surface area contributed by atoms with Crippen LogP contribution < -0.4 is 10.6 Å². The van der Waals surface area contributed by atoms with Crippen LogP contribution in [0.4, 0.5) is 4.79 Å². The lowest BCUT2D eigenvalue weighted by Crippen LogP contribution is -2.36. The summed E-state index contributed by atoms with van der Waals surface area (Å²) in [6.45, 7) is 2.93. The van der Waals surface area contributed by atoms with Crippen LogP contribution in [0.25, 0.3) is 0 Å². The van der Waals surface area contributed by atoms with E-state index in [2.05, 4.69) is 10.6 Å². The monoisotopic (exact) mass is 236 g/mol. The van der Waals surface area contributed by atoms with Crippen LogP contribution in [0.1, 0.15) is 25.3 Å². The fraction of sp³-hybridized carbons (Fsp3) is 0.462. The first-order valence-corrected chi connectivity index (χ1v) is 5.96. The minimum atomic E-state index is -0.329. The third-order valence-corrected chi connectivity index (χ3v) is 2.53. The minimum Gasteiger partial charge on any atom is -0.393 e. The van der Waals surface area contributed by atoms with E-state index in [-0.39, 0.29) is 12.1 Å². The van der Waals surface area contributed by atoms with E-state index in [4.69, 9.17) is 0 Å². The molecule has 0 aromatic heterocycles. The van der Waals surface area contributed by atoms with Gasteiger partial charge in [0.2, 0.25) is 0 Å². The lowest BCUT2D eigenvalue weighted by Gasteiger charge is -2.10. The first-order chi connectivity index (χ1) is 8.22. The quantitative estimate of drug-likeness (QED) is 0.703. The Morgan fingerprint density at radius 2 is 2.00 bits per heavy atom. The van der Waals surface area contributed by atoms with E-state index in [9.17, 15) is 9.90 Å². The first-order valence-electron chi connectivity index (χ1n) is 5.96. The second kappa shape index (κ2) is 7.68. The molecular formula is C13H20N2O2. The predicted molar refractivity (Wildman–Crippen MR) is 67.6 cm³/mol. The number of carbonyl (C=O) groups is 1. The first kappa shape index (κ1) is 13.5. The minimum absolute atomic E-state index is 0.197. The van der Waals surface area contributed by atoms with Crippen molar-refractivity contribution in [1.82, 2.24) is 10.6 Å². The molecule has 1 unspecified atom stereocenters. The summed E-state index contributed by atoms with van der Waals surface area (Å²) in [5.41, 5.74) is 1.07. The summed E-state index contributed by atoms with van der Waals surface area (Å²) >= 11 is 0. The molecule has 0 saturated heterocycles. The summed E-state index contributed by atoms with van der Waals surface area (Å²) in [7, 11) is 0. The van der Waals surface area contributed by atoms with Gasteiger partial charge in [-0.05, 0) is 18.4 Å². The Balaban J connectivity index is 2.13. The van der Waals surface area contributed by atoms with Crippen molar-refractivity contribution in [3.05, 3.63) is 35.9 Å². The maximum absolute atomic E-state index is 11.4. The van der Waals surface area contributed by atoms with Crippen molar-refractivity contribution in [3.8, 4) is 0 Å². The Morgan fingerprint density at radius 3 is 2.65 bits per heavy atom. The number of aliphatic hydroxyl groups is 1. The van der Waals surface area contributed by atoms with Gasteiger partial charge in [-0.1, -0.05) is 37.3 Å². The fourth-order valence-corrected chi connectivity index (χ4v) is 1.40. The van der Waals surface area contributed by atoms with Crippen molar-refractivity contribution in [2.45, 2.75) is 32.4 Å². The standard InChI is InChI=1S/C13H20N2O2/c1-2-12(16)8-9-14-13(17)15-10-11-6-4-3-5-7-11/h3-7,12,16H,2,8-10H2,1H3,(H2,14,15,17). The van der Waals surface area contributed by atoms with Crippen molar-refractivity contribution in [2.24, 2.45) is 0 Å². The van der Waals surface area contributed by atoms with Crippen molar-refractivity contribution in [1.29, 1.82) is 0 Å². The van der Waals surface area contributed by atoms with Gasteiger partial charge in [0.25, 0.3) is 0 Å². The molecule has 1 atom stereocenters. The summed E-state index contributed by atoms with van der Waals surface area (Å²) in [5, 5.41) is 14.8. The number of amides is 2. The molecule has 1 rings (SSSR count). The molecule has 0 spiro atoms. The molecule has 1 aromatic carbocycles. The van der Waals surface area contributed by atoms with E-state index >= 15 is 0 Å². The van der Waals surface area contributed by atoms with Gasteiger partial charge in [-0.25, -0.2) is 4.79 Å². The van der Waals surface area contributed by atoms with E-state index in [0.717, 1.165) is 5.56 Å². The maximum Gasteiger partial charge on any atom is 0.315 e. The molecule has 94 valence electrons. The van der Waals surface area contributed by atoms with Crippen molar-refractivity contribution in [3.63, 3.8) is 0 Å². The van der Waals surface area contributed by atoms with Crippen LogP contribution in [0.3, 0.4) is 0 Å². The molecule has 0 aliphatic carbocycles. The highest BCUT2D eigenvalue weighted by atomic mass is 16.3. The Labute approximate surface area is 102 Å². The summed E-state index contributed by atoms with van der Waals surface area (Å²) in [5.74, 6) is 0. The Bertz CT molecular complexity index is 327. The highest BCUT2D eigenvalue weighted by Gasteiger charge is 2.02. The molecular weight excluding hydrogens is 216 g/mol. The molecule has 0 aliphatic rings. The molecule has 4 heteroatoms. The van der Waals surface area contributed by atoms with Crippen molar-refractivity contribution in [2.75, 3.05) is 6.54 Å². The largest absolute Gasteiger partial charge is 0.393 e. The van der Waals surface area contributed by atoms with Gasteiger partial charge in [-0.15, -0.1) is 0 Å². The van der Waals surface area contributed by atoms with Crippen LogP contribution in [-0.4, -0.2) is 23.8 Å². The molecule has 3 N–H and O–H groups in total. The molecule has 2 amide bonds. The van der Waals surface area contributed by atoms with E-state index < -0.39 is 0 Å². The topological polar surface area (TPSA) is 61.4 Å². The molecule has 0 radical (unpaired) electrons. The maximum atomic E-state index is 11.4. The van der Waals surface area contributed by atoms with Gasteiger partial charge in [-0.3, -0.25) is 0 Å². The third-order valence-electron chi connectivity index (χ3n) is 2.53. The zero-order valence-electron chi connectivity index (χ0n) is 10.1. The number of urea groups is 1. The highest BCUT2D eigenvalue weighted by molar-refractivity contribution is 5.73. The average Bonchev–Trinajstić information content (AvgIpc) is 2.37. The van der Waals surface area contributed by atoms with Crippen molar-refractivity contribution < 1.29 is 9.90 Å². The number of hydrogen-bond donors (Lipinski definition) is 3. The molecule has 0 bridgehead atoms. The van der Waals surface area contributed by atoms with Gasteiger partial charge in [-0.2, -0.15) is 0 Å². The van der Waals surface area contributed by atoms with Gasteiger partial charge in [0.15, 0.2) is 0 Å². The van der Waals surface area contributed by atoms with Gasteiger partial charge in [0.1, 0.15) is 0 Å². The van der Waals surface area contributed by atoms with Gasteiger partial charge >= 0.3 is 6.03 Å². The molecule has 4 nitrogen and oxygen atoms in total. The second-order valence-electron chi connectivity index (χ2n) is 3.95. The Hall–Kier alpha value is -1.55. The van der Waals surface area contributed by atoms with E-state index in [0.29, 0.717) is 25.9 Å². The Morgan fingerprint density at radius 1 is 1.29 bits per heavy atom. The number of carbonyl (C=O) groups excluding carboxylic acids is 1. The van der Waals surface area contributed by atoms with Crippen molar-refractivity contribution >= 4 is 6.03 Å². The molecule has 17 heavy (non-hydrogen) atoms. The van der Waals surface area contributed by atoms with E-state index in [1.165, 1.54) is 0 Å². The van der Waals surface area contributed by atoms with Crippen LogP contribution in [0.2, 0.25) is 0 Å². The number of hydrogen-bond acceptors (Lipinski definition) is 2. The lowest BCUT2D eigenvalue weighted by atomic mass is 10.2. The molecule has 0 aliphatic heterocycles. The summed E-state index contributed by atoms with van der Waals surface area (Å²) in [4.78, 5) is 11.4. The number of benzene rings is 1. The molecule has 0 saturated carbocycles. The smallest absolute Gasteiger partial charge is 0.315 e. The Kier molecular flexibility index (Phi) is 6.10. The highest BCUT2D eigenvalue weighted by Crippen LogP contribution is 1.97. The normalized spacial score (nSPS) is 11.9.